The van der Waals surface area contributed by atoms with E-state index in [-0.39, 0.29) is 5.78 Å². The van der Waals surface area contributed by atoms with Crippen LogP contribution in [0.1, 0.15) is 51.9 Å². The van der Waals surface area contributed by atoms with Gasteiger partial charge in [-0.25, -0.2) is 0 Å². The Morgan fingerprint density at radius 1 is 1.07 bits per heavy atom. The van der Waals surface area contributed by atoms with Crippen molar-refractivity contribution in [3.63, 3.8) is 0 Å². The molecule has 0 atom stereocenters. The second-order valence-electron chi connectivity index (χ2n) is 3.64. The van der Waals surface area contributed by atoms with Gasteiger partial charge in [0.2, 0.25) is 0 Å². The van der Waals surface area contributed by atoms with Crippen molar-refractivity contribution in [2.75, 3.05) is 6.61 Å². The van der Waals surface area contributed by atoms with E-state index >= 15 is 0 Å². The summed E-state index contributed by atoms with van der Waals surface area (Å²) in [4.78, 5) is 10.6. The number of hydrogen-bond acceptors (Lipinski definition) is 2. The zero-order valence-electron chi connectivity index (χ0n) is 9.17. The van der Waals surface area contributed by atoms with E-state index in [4.69, 9.17) is 5.11 Å². The zero-order chi connectivity index (χ0) is 10.6. The Kier molecular flexibility index (Phi) is 9.98. The number of ketones is 1. The van der Waals surface area contributed by atoms with E-state index in [0.29, 0.717) is 6.61 Å². The number of carbonyl (C=O) groups is 1. The van der Waals surface area contributed by atoms with Crippen LogP contribution in [0, 0.1) is 0 Å². The van der Waals surface area contributed by atoms with E-state index in [2.05, 4.69) is 12.2 Å². The molecule has 0 heterocycles. The van der Waals surface area contributed by atoms with Crippen LogP contribution in [0.4, 0.5) is 0 Å². The molecule has 0 aromatic carbocycles. The first-order valence-electron chi connectivity index (χ1n) is 5.52. The fraction of sp³-hybridized carbons (Fsp3) is 0.750. The van der Waals surface area contributed by atoms with Crippen molar-refractivity contribution in [1.29, 1.82) is 0 Å². The third-order valence-corrected chi connectivity index (χ3v) is 2.10. The van der Waals surface area contributed by atoms with E-state index in [1.807, 2.05) is 0 Å². The lowest BCUT2D eigenvalue weighted by atomic mass is 10.1. The van der Waals surface area contributed by atoms with Crippen molar-refractivity contribution in [1.82, 2.24) is 0 Å². The lowest BCUT2D eigenvalue weighted by molar-refractivity contribution is -0.117. The maximum Gasteiger partial charge on any atom is 0.129 e. The minimum atomic E-state index is 0.289. The number of aliphatic hydroxyl groups is 1. The van der Waals surface area contributed by atoms with Gasteiger partial charge in [0.1, 0.15) is 5.78 Å². The first-order valence-corrected chi connectivity index (χ1v) is 5.52. The summed E-state index contributed by atoms with van der Waals surface area (Å²) in [5, 5.41) is 8.53. The van der Waals surface area contributed by atoms with Gasteiger partial charge in [-0.3, -0.25) is 0 Å². The highest BCUT2D eigenvalue weighted by atomic mass is 16.2. The second kappa shape index (κ2) is 10.5. The van der Waals surface area contributed by atoms with Gasteiger partial charge in [-0.1, -0.05) is 12.2 Å². The van der Waals surface area contributed by atoms with E-state index < -0.39 is 0 Å². The molecular weight excluding hydrogens is 176 g/mol. The van der Waals surface area contributed by atoms with Crippen LogP contribution >= 0.6 is 0 Å². The van der Waals surface area contributed by atoms with Gasteiger partial charge in [0.15, 0.2) is 0 Å². The molecule has 0 bridgehead atoms. The molecule has 82 valence electrons. The average molecular weight is 198 g/mol. The molecule has 0 aliphatic carbocycles. The van der Waals surface area contributed by atoms with Crippen molar-refractivity contribution in [3.05, 3.63) is 12.2 Å². The molecule has 0 amide bonds. The molecule has 14 heavy (non-hydrogen) atoms. The van der Waals surface area contributed by atoms with Gasteiger partial charge in [0.25, 0.3) is 0 Å². The van der Waals surface area contributed by atoms with E-state index in [9.17, 15) is 4.79 Å². The molecule has 0 spiro atoms. The molecule has 1 N–H and O–H groups in total. The molecule has 0 radical (unpaired) electrons. The number of unbranched alkanes of at least 4 members (excludes halogenated alkanes) is 4. The molecule has 0 aromatic rings. The van der Waals surface area contributed by atoms with E-state index in [0.717, 1.165) is 44.9 Å². The van der Waals surface area contributed by atoms with Crippen LogP contribution in [0.3, 0.4) is 0 Å². The molecule has 0 rings (SSSR count). The quantitative estimate of drug-likeness (QED) is 0.457. The Hall–Kier alpha value is -0.630. The number of aliphatic hydroxyl groups excluding tert-OH is 1. The Morgan fingerprint density at radius 2 is 1.64 bits per heavy atom. The molecule has 0 saturated carbocycles. The number of allylic oxidation sites excluding steroid dienone is 2. The van der Waals surface area contributed by atoms with Crippen molar-refractivity contribution in [2.24, 2.45) is 0 Å². The van der Waals surface area contributed by atoms with Crippen LogP contribution in [-0.4, -0.2) is 17.5 Å². The topological polar surface area (TPSA) is 37.3 Å². The summed E-state index contributed by atoms with van der Waals surface area (Å²) in [5.74, 6) is 0.289. The third kappa shape index (κ3) is 11.4. The largest absolute Gasteiger partial charge is 0.396 e. The summed E-state index contributed by atoms with van der Waals surface area (Å²) in [6.07, 6.45) is 11.3. The molecular formula is C12H22O2. The third-order valence-electron chi connectivity index (χ3n) is 2.10. The van der Waals surface area contributed by atoms with Gasteiger partial charge in [-0.15, -0.1) is 0 Å². The van der Waals surface area contributed by atoms with Crippen molar-refractivity contribution in [2.45, 2.75) is 51.9 Å². The maximum atomic E-state index is 10.6. The fourth-order valence-corrected chi connectivity index (χ4v) is 1.25. The Labute approximate surface area is 87.0 Å². The summed E-state index contributed by atoms with van der Waals surface area (Å²) in [7, 11) is 0. The van der Waals surface area contributed by atoms with Crippen molar-refractivity contribution in [3.8, 4) is 0 Å². The van der Waals surface area contributed by atoms with E-state index in [1.165, 1.54) is 0 Å². The standard InChI is InChI=1S/C12H22O2/c1-12(14)10-8-6-4-2-3-5-7-9-11-13/h2-3,13H,4-11H2,1H3/b3-2+. The molecule has 0 saturated heterocycles. The minimum absolute atomic E-state index is 0.289. The van der Waals surface area contributed by atoms with Crippen LogP contribution in [-0.2, 0) is 4.79 Å². The van der Waals surface area contributed by atoms with Crippen LogP contribution in [0.5, 0.6) is 0 Å². The fourth-order valence-electron chi connectivity index (χ4n) is 1.25. The SMILES string of the molecule is CC(=O)CCCC/C=C/CCCCO. The summed E-state index contributed by atoms with van der Waals surface area (Å²) >= 11 is 0. The maximum absolute atomic E-state index is 10.6. The van der Waals surface area contributed by atoms with Crippen LogP contribution in [0.25, 0.3) is 0 Å². The lowest BCUT2D eigenvalue weighted by Crippen LogP contribution is -1.88. The Bertz CT molecular complexity index is 162. The highest BCUT2D eigenvalue weighted by Crippen LogP contribution is 2.03. The van der Waals surface area contributed by atoms with Gasteiger partial charge < -0.3 is 9.90 Å². The summed E-state index contributed by atoms with van der Waals surface area (Å²) in [5.41, 5.74) is 0. The predicted molar refractivity (Wildman–Crippen MR) is 59.2 cm³/mol. The Balaban J connectivity index is 3.07. The van der Waals surface area contributed by atoms with Crippen LogP contribution in [0.15, 0.2) is 12.2 Å². The van der Waals surface area contributed by atoms with Gasteiger partial charge in [-0.05, 0) is 45.4 Å². The summed E-state index contributed by atoms with van der Waals surface area (Å²) in [6.45, 7) is 1.94. The Morgan fingerprint density at radius 3 is 2.14 bits per heavy atom. The number of carbonyl (C=O) groups excluding carboxylic acids is 1. The van der Waals surface area contributed by atoms with Gasteiger partial charge in [0, 0.05) is 13.0 Å². The number of Topliss-reactive ketones (excluding diaryl/α,β-unsaturated/α-hetero) is 1. The number of rotatable bonds is 9. The van der Waals surface area contributed by atoms with Crippen LogP contribution < -0.4 is 0 Å². The van der Waals surface area contributed by atoms with Crippen LogP contribution in [0.2, 0.25) is 0 Å². The smallest absolute Gasteiger partial charge is 0.129 e. The lowest BCUT2D eigenvalue weighted by Gasteiger charge is -1.94. The molecule has 2 heteroatoms. The second-order valence-corrected chi connectivity index (χ2v) is 3.64. The molecule has 0 aromatic heterocycles. The first kappa shape index (κ1) is 13.4. The molecule has 2 nitrogen and oxygen atoms in total. The zero-order valence-corrected chi connectivity index (χ0v) is 9.17. The van der Waals surface area contributed by atoms with Gasteiger partial charge in [-0.2, -0.15) is 0 Å². The number of hydrogen-bond donors (Lipinski definition) is 1. The molecule has 0 aliphatic heterocycles. The highest BCUT2D eigenvalue weighted by Gasteiger charge is 1.91. The summed E-state index contributed by atoms with van der Waals surface area (Å²) < 4.78 is 0. The summed E-state index contributed by atoms with van der Waals surface area (Å²) in [6, 6.07) is 0. The van der Waals surface area contributed by atoms with E-state index in [1.54, 1.807) is 6.92 Å². The predicted octanol–water partition coefficient (Wildman–Crippen LogP) is 2.85. The molecule has 0 aliphatic rings. The highest BCUT2D eigenvalue weighted by molar-refractivity contribution is 5.75. The molecule has 0 unspecified atom stereocenters. The van der Waals surface area contributed by atoms with Crippen molar-refractivity contribution >= 4 is 5.78 Å². The first-order chi connectivity index (χ1) is 6.77. The van der Waals surface area contributed by atoms with Crippen molar-refractivity contribution < 1.29 is 9.90 Å². The normalized spacial score (nSPS) is 11.0. The minimum Gasteiger partial charge on any atom is -0.396 e. The van der Waals surface area contributed by atoms with Gasteiger partial charge >= 0.3 is 0 Å². The molecule has 0 fully saturated rings. The van der Waals surface area contributed by atoms with Gasteiger partial charge in [0.05, 0.1) is 0 Å². The monoisotopic (exact) mass is 198 g/mol. The average Bonchev–Trinajstić information content (AvgIpc) is 2.15.